The zero-order valence-electron chi connectivity index (χ0n) is 13.9. The Labute approximate surface area is 136 Å². The molecule has 1 heterocycles. The summed E-state index contributed by atoms with van der Waals surface area (Å²) in [5.74, 6) is -0.401. The van der Waals surface area contributed by atoms with Gasteiger partial charge in [-0.3, -0.25) is 14.5 Å². The van der Waals surface area contributed by atoms with Crippen LogP contribution in [0.2, 0.25) is 0 Å². The monoisotopic (exact) mass is 317 g/mol. The number of carbonyl (C=O) groups is 3. The predicted octanol–water partition coefficient (Wildman–Crippen LogP) is 2.32. The van der Waals surface area contributed by atoms with Gasteiger partial charge in [-0.15, -0.1) is 0 Å². The lowest BCUT2D eigenvalue weighted by Gasteiger charge is -2.15. The van der Waals surface area contributed by atoms with Crippen LogP contribution in [-0.4, -0.2) is 35.3 Å². The Hall–Kier alpha value is -2.37. The molecule has 0 spiro atoms. The average molecular weight is 317 g/mol. The first kappa shape index (κ1) is 17.0. The zero-order chi connectivity index (χ0) is 17.1. The van der Waals surface area contributed by atoms with E-state index in [1.165, 1.54) is 0 Å². The number of hydrogen-bond acceptors (Lipinski definition) is 3. The largest absolute Gasteiger partial charge is 0.326 e. The maximum Gasteiger partial charge on any atom is 0.325 e. The Morgan fingerprint density at radius 2 is 1.96 bits per heavy atom. The van der Waals surface area contributed by atoms with Crippen LogP contribution >= 0.6 is 0 Å². The highest BCUT2D eigenvalue weighted by Gasteiger charge is 2.40. The van der Waals surface area contributed by atoms with E-state index in [2.05, 4.69) is 24.5 Å². The van der Waals surface area contributed by atoms with Crippen molar-refractivity contribution in [2.45, 2.75) is 39.7 Å². The smallest absolute Gasteiger partial charge is 0.325 e. The molecule has 6 nitrogen and oxygen atoms in total. The SMILES string of the molecule is CC(C)c1cccc(NC(=O)CN2C(=O)NC(C(C)C)C2=O)c1. The summed E-state index contributed by atoms with van der Waals surface area (Å²) >= 11 is 0. The summed E-state index contributed by atoms with van der Waals surface area (Å²) in [5, 5.41) is 5.34. The number of urea groups is 1. The summed E-state index contributed by atoms with van der Waals surface area (Å²) in [6, 6.07) is 6.47. The van der Waals surface area contributed by atoms with Gasteiger partial charge in [-0.25, -0.2) is 4.79 Å². The molecule has 1 fully saturated rings. The number of imide groups is 1. The molecule has 1 saturated heterocycles. The molecule has 2 N–H and O–H groups in total. The number of rotatable bonds is 5. The van der Waals surface area contributed by atoms with Gasteiger partial charge in [0, 0.05) is 5.69 Å². The Bertz CT molecular complexity index is 625. The molecule has 1 unspecified atom stereocenters. The van der Waals surface area contributed by atoms with Crippen molar-refractivity contribution in [3.05, 3.63) is 29.8 Å². The molecule has 1 aliphatic rings. The van der Waals surface area contributed by atoms with E-state index in [1.807, 2.05) is 32.0 Å². The van der Waals surface area contributed by atoms with Gasteiger partial charge in [0.2, 0.25) is 5.91 Å². The van der Waals surface area contributed by atoms with Crippen molar-refractivity contribution in [1.29, 1.82) is 0 Å². The summed E-state index contributed by atoms with van der Waals surface area (Å²) in [6.07, 6.45) is 0. The summed E-state index contributed by atoms with van der Waals surface area (Å²) in [6.45, 7) is 7.56. The normalized spacial score (nSPS) is 17.8. The van der Waals surface area contributed by atoms with Crippen molar-refractivity contribution in [2.24, 2.45) is 5.92 Å². The number of amides is 4. The summed E-state index contributed by atoms with van der Waals surface area (Å²) in [5.41, 5.74) is 1.77. The Morgan fingerprint density at radius 1 is 1.26 bits per heavy atom. The first-order valence-corrected chi connectivity index (χ1v) is 7.81. The molecule has 0 bridgehead atoms. The maximum absolute atomic E-state index is 12.2. The van der Waals surface area contributed by atoms with Crippen LogP contribution in [0.4, 0.5) is 10.5 Å². The molecule has 1 atom stereocenters. The lowest BCUT2D eigenvalue weighted by molar-refractivity contribution is -0.131. The summed E-state index contributed by atoms with van der Waals surface area (Å²) in [7, 11) is 0. The molecule has 1 aliphatic heterocycles. The van der Waals surface area contributed by atoms with Crippen LogP contribution in [0.5, 0.6) is 0 Å². The number of benzene rings is 1. The van der Waals surface area contributed by atoms with E-state index >= 15 is 0 Å². The molecule has 23 heavy (non-hydrogen) atoms. The fraction of sp³-hybridized carbons (Fsp3) is 0.471. The van der Waals surface area contributed by atoms with E-state index in [4.69, 9.17) is 0 Å². The van der Waals surface area contributed by atoms with Crippen LogP contribution < -0.4 is 10.6 Å². The van der Waals surface area contributed by atoms with E-state index in [0.29, 0.717) is 11.6 Å². The Morgan fingerprint density at radius 3 is 2.52 bits per heavy atom. The van der Waals surface area contributed by atoms with Gasteiger partial charge in [0.15, 0.2) is 0 Å². The van der Waals surface area contributed by atoms with Gasteiger partial charge in [-0.05, 0) is 29.5 Å². The molecule has 0 aliphatic carbocycles. The van der Waals surface area contributed by atoms with E-state index in [9.17, 15) is 14.4 Å². The highest BCUT2D eigenvalue weighted by atomic mass is 16.2. The van der Waals surface area contributed by atoms with Crippen molar-refractivity contribution < 1.29 is 14.4 Å². The second kappa shape index (κ2) is 6.81. The average Bonchev–Trinajstić information content (AvgIpc) is 2.75. The molecular weight excluding hydrogens is 294 g/mol. The minimum atomic E-state index is -0.556. The molecule has 1 aromatic carbocycles. The van der Waals surface area contributed by atoms with Crippen molar-refractivity contribution >= 4 is 23.5 Å². The third-order valence-corrected chi connectivity index (χ3v) is 3.86. The Kier molecular flexibility index (Phi) is 5.03. The second-order valence-corrected chi connectivity index (χ2v) is 6.42. The third kappa shape index (κ3) is 3.88. The van der Waals surface area contributed by atoms with Gasteiger partial charge in [0.25, 0.3) is 5.91 Å². The number of hydrogen-bond donors (Lipinski definition) is 2. The highest BCUT2D eigenvalue weighted by Crippen LogP contribution is 2.19. The summed E-state index contributed by atoms with van der Waals surface area (Å²) < 4.78 is 0. The minimum Gasteiger partial charge on any atom is -0.326 e. The second-order valence-electron chi connectivity index (χ2n) is 6.42. The molecule has 0 saturated carbocycles. The number of nitrogens with zero attached hydrogens (tertiary/aromatic N) is 1. The number of carbonyl (C=O) groups excluding carboxylic acids is 3. The third-order valence-electron chi connectivity index (χ3n) is 3.86. The minimum absolute atomic E-state index is 0.0118. The highest BCUT2D eigenvalue weighted by molar-refractivity contribution is 6.08. The quantitative estimate of drug-likeness (QED) is 0.818. The van der Waals surface area contributed by atoms with Gasteiger partial charge in [0.1, 0.15) is 12.6 Å². The van der Waals surface area contributed by atoms with E-state index in [0.717, 1.165) is 10.5 Å². The maximum atomic E-state index is 12.2. The van der Waals surface area contributed by atoms with Gasteiger partial charge in [-0.2, -0.15) is 0 Å². The molecule has 124 valence electrons. The molecule has 1 aromatic rings. The lowest BCUT2D eigenvalue weighted by atomic mass is 10.0. The van der Waals surface area contributed by atoms with Crippen LogP contribution in [0.15, 0.2) is 24.3 Å². The van der Waals surface area contributed by atoms with Crippen molar-refractivity contribution in [2.75, 3.05) is 11.9 Å². The molecule has 0 radical (unpaired) electrons. The Balaban J connectivity index is 2.01. The topological polar surface area (TPSA) is 78.5 Å². The van der Waals surface area contributed by atoms with E-state index in [1.54, 1.807) is 6.07 Å². The van der Waals surface area contributed by atoms with Crippen LogP contribution in [-0.2, 0) is 9.59 Å². The molecule has 2 rings (SSSR count). The molecule has 4 amide bonds. The molecular formula is C17H23N3O3. The fourth-order valence-corrected chi connectivity index (χ4v) is 2.46. The van der Waals surface area contributed by atoms with Crippen LogP contribution in [0.1, 0.15) is 39.2 Å². The van der Waals surface area contributed by atoms with Gasteiger partial charge in [0.05, 0.1) is 0 Å². The fourth-order valence-electron chi connectivity index (χ4n) is 2.46. The van der Waals surface area contributed by atoms with Gasteiger partial charge < -0.3 is 10.6 Å². The van der Waals surface area contributed by atoms with Gasteiger partial charge >= 0.3 is 6.03 Å². The zero-order valence-corrected chi connectivity index (χ0v) is 13.9. The van der Waals surface area contributed by atoms with Crippen LogP contribution in [0, 0.1) is 5.92 Å². The van der Waals surface area contributed by atoms with Gasteiger partial charge in [-0.1, -0.05) is 39.8 Å². The van der Waals surface area contributed by atoms with Crippen molar-refractivity contribution in [3.63, 3.8) is 0 Å². The molecule has 6 heteroatoms. The first-order chi connectivity index (χ1) is 10.8. The number of nitrogens with one attached hydrogen (secondary N) is 2. The van der Waals surface area contributed by atoms with E-state index in [-0.39, 0.29) is 24.3 Å². The first-order valence-electron chi connectivity index (χ1n) is 7.81. The van der Waals surface area contributed by atoms with Crippen molar-refractivity contribution in [3.8, 4) is 0 Å². The predicted molar refractivity (Wildman–Crippen MR) is 88.0 cm³/mol. The lowest BCUT2D eigenvalue weighted by Crippen LogP contribution is -2.39. The van der Waals surface area contributed by atoms with Crippen LogP contribution in [0.3, 0.4) is 0 Å². The summed E-state index contributed by atoms with van der Waals surface area (Å²) in [4.78, 5) is 37.1. The van der Waals surface area contributed by atoms with Crippen molar-refractivity contribution in [1.82, 2.24) is 10.2 Å². The van der Waals surface area contributed by atoms with E-state index < -0.39 is 12.1 Å². The number of anilines is 1. The van der Waals surface area contributed by atoms with Crippen LogP contribution in [0.25, 0.3) is 0 Å². The standard InChI is InChI=1S/C17H23N3O3/c1-10(2)12-6-5-7-13(8-12)18-14(21)9-20-16(22)15(11(3)4)19-17(20)23/h5-8,10-11,15H,9H2,1-4H3,(H,18,21)(H,19,23). The molecule has 0 aromatic heterocycles.